The molecule has 0 radical (unpaired) electrons. The van der Waals surface area contributed by atoms with Crippen molar-refractivity contribution in [3.8, 4) is 0 Å². The molecule has 1 saturated carbocycles. The fourth-order valence-electron chi connectivity index (χ4n) is 5.31. The van der Waals surface area contributed by atoms with E-state index in [2.05, 4.69) is 40.6 Å². The van der Waals surface area contributed by atoms with Gasteiger partial charge in [0.2, 0.25) is 0 Å². The molecule has 2 aliphatic rings. The predicted octanol–water partition coefficient (Wildman–Crippen LogP) is 5.32. The first kappa shape index (κ1) is 21.6. The van der Waals surface area contributed by atoms with Gasteiger partial charge in [0, 0.05) is 10.4 Å². The molecule has 2 aromatic carbocycles. The molecule has 1 heterocycles. The van der Waals surface area contributed by atoms with Crippen LogP contribution < -0.4 is 10.9 Å². The van der Waals surface area contributed by atoms with Gasteiger partial charge in [-0.3, -0.25) is 20.4 Å². The molecular formula is C23H19BrCl2N4O2. The molecule has 2 atom stereocenters. The number of hydrogen-bond donors (Lipinski definition) is 2. The van der Waals surface area contributed by atoms with Crippen LogP contribution in [0.2, 0.25) is 10.0 Å². The normalized spacial score (nSPS) is 22.6. The number of aromatic nitrogens is 2. The third kappa shape index (κ3) is 2.91. The maximum Gasteiger partial charge on any atom is 0.270 e. The third-order valence-corrected chi connectivity index (χ3v) is 8.46. The van der Waals surface area contributed by atoms with Gasteiger partial charge in [-0.2, -0.15) is 0 Å². The van der Waals surface area contributed by atoms with E-state index < -0.39 is 16.7 Å². The summed E-state index contributed by atoms with van der Waals surface area (Å²) < 4.78 is 0.644. The second-order valence-electron chi connectivity index (χ2n) is 8.82. The summed E-state index contributed by atoms with van der Waals surface area (Å²) in [6, 6.07) is 10.4. The fraction of sp³-hybridized carbons (Fsp3) is 0.304. The maximum absolute atomic E-state index is 13.6. The van der Waals surface area contributed by atoms with E-state index in [0.717, 1.165) is 12.1 Å². The van der Waals surface area contributed by atoms with Crippen LogP contribution in [0.4, 0.5) is 0 Å². The molecule has 9 heteroatoms. The molecule has 32 heavy (non-hydrogen) atoms. The van der Waals surface area contributed by atoms with Crippen LogP contribution in [-0.4, -0.2) is 21.8 Å². The van der Waals surface area contributed by atoms with Gasteiger partial charge >= 0.3 is 0 Å². The lowest BCUT2D eigenvalue weighted by molar-refractivity contribution is -0.130. The Balaban J connectivity index is 1.53. The van der Waals surface area contributed by atoms with Crippen LogP contribution in [0.15, 0.2) is 40.9 Å². The first-order chi connectivity index (χ1) is 15.2. The predicted molar refractivity (Wildman–Crippen MR) is 127 cm³/mol. The number of rotatable bonds is 2. The van der Waals surface area contributed by atoms with Crippen LogP contribution in [0.1, 0.15) is 54.4 Å². The Kier molecular flexibility index (Phi) is 5.00. The molecule has 1 aromatic heterocycles. The Morgan fingerprint density at radius 1 is 1.06 bits per heavy atom. The fourth-order valence-corrected chi connectivity index (χ4v) is 6.09. The van der Waals surface area contributed by atoms with Crippen LogP contribution in [0.3, 0.4) is 0 Å². The number of amides is 2. The standard InChI is InChI=1S/C23H19BrCl2N4O2/c1-22(2)12-7-8-23(22,21(32)30-29-20(31)11-5-3-4-6-13(11)24)19-18(12)27-16-9-14(25)15(26)10-17(16)28-19/h3-6,9-10,12H,7-8H2,1-2H3,(H,29,31)(H,30,32). The number of fused-ring (bicyclic) bond motifs is 6. The highest BCUT2D eigenvalue weighted by molar-refractivity contribution is 9.10. The lowest BCUT2D eigenvalue weighted by Crippen LogP contribution is -2.55. The Hall–Kier alpha value is -2.22. The average Bonchev–Trinajstić information content (AvgIpc) is 3.13. The molecule has 2 unspecified atom stereocenters. The van der Waals surface area contributed by atoms with Crippen molar-refractivity contribution in [2.75, 3.05) is 0 Å². The van der Waals surface area contributed by atoms with Gasteiger partial charge in [-0.1, -0.05) is 49.2 Å². The van der Waals surface area contributed by atoms with E-state index in [-0.39, 0.29) is 11.8 Å². The summed E-state index contributed by atoms with van der Waals surface area (Å²) in [5, 5.41) is 0.799. The minimum atomic E-state index is -0.915. The van der Waals surface area contributed by atoms with Gasteiger partial charge < -0.3 is 0 Å². The Morgan fingerprint density at radius 3 is 2.41 bits per heavy atom. The zero-order chi connectivity index (χ0) is 22.8. The number of halogens is 3. The Labute approximate surface area is 203 Å². The van der Waals surface area contributed by atoms with Crippen LogP contribution in [0, 0.1) is 5.41 Å². The van der Waals surface area contributed by atoms with E-state index in [1.807, 2.05) is 6.07 Å². The first-order valence-corrected chi connectivity index (χ1v) is 11.7. The third-order valence-electron chi connectivity index (χ3n) is 7.04. The summed E-state index contributed by atoms with van der Waals surface area (Å²) in [4.78, 5) is 35.9. The molecule has 164 valence electrons. The van der Waals surface area contributed by atoms with E-state index in [0.29, 0.717) is 43.2 Å². The molecule has 5 rings (SSSR count). The molecule has 0 aliphatic heterocycles. The van der Waals surface area contributed by atoms with Crippen molar-refractivity contribution >= 4 is 62.0 Å². The van der Waals surface area contributed by atoms with Crippen molar-refractivity contribution in [1.29, 1.82) is 0 Å². The Morgan fingerprint density at radius 2 is 1.72 bits per heavy atom. The van der Waals surface area contributed by atoms with Gasteiger partial charge in [-0.25, -0.2) is 9.97 Å². The summed E-state index contributed by atoms with van der Waals surface area (Å²) in [7, 11) is 0. The molecule has 2 bridgehead atoms. The quantitative estimate of drug-likeness (QED) is 0.437. The molecule has 0 saturated heterocycles. The van der Waals surface area contributed by atoms with Gasteiger partial charge in [0.15, 0.2) is 0 Å². The highest BCUT2D eigenvalue weighted by Gasteiger charge is 2.68. The zero-order valence-corrected chi connectivity index (χ0v) is 20.4. The highest BCUT2D eigenvalue weighted by atomic mass is 79.9. The number of hydrogen-bond acceptors (Lipinski definition) is 4. The molecule has 3 aromatic rings. The number of benzene rings is 2. The molecule has 2 aliphatic carbocycles. The summed E-state index contributed by atoms with van der Waals surface area (Å²) in [5.41, 5.74) is 7.02. The summed E-state index contributed by atoms with van der Waals surface area (Å²) >= 11 is 15.7. The van der Waals surface area contributed by atoms with Crippen molar-refractivity contribution in [3.05, 3.63) is 67.9 Å². The smallest absolute Gasteiger partial charge is 0.270 e. The largest absolute Gasteiger partial charge is 0.272 e. The molecule has 1 fully saturated rings. The second-order valence-corrected chi connectivity index (χ2v) is 10.5. The number of nitrogens with zero attached hydrogens (tertiary/aromatic N) is 2. The maximum atomic E-state index is 13.6. The van der Waals surface area contributed by atoms with Gasteiger partial charge in [0.1, 0.15) is 5.41 Å². The van der Waals surface area contributed by atoms with Gasteiger partial charge in [0.25, 0.3) is 11.8 Å². The highest BCUT2D eigenvalue weighted by Crippen LogP contribution is 2.67. The summed E-state index contributed by atoms with van der Waals surface area (Å²) in [6.45, 7) is 4.13. The van der Waals surface area contributed by atoms with Gasteiger partial charge in [-0.05, 0) is 58.5 Å². The van der Waals surface area contributed by atoms with Crippen molar-refractivity contribution < 1.29 is 9.59 Å². The Bertz CT molecular complexity index is 1310. The lowest BCUT2D eigenvalue weighted by Gasteiger charge is -2.36. The average molecular weight is 534 g/mol. The van der Waals surface area contributed by atoms with E-state index in [1.54, 1.807) is 30.3 Å². The lowest BCUT2D eigenvalue weighted by atomic mass is 9.68. The summed E-state index contributed by atoms with van der Waals surface area (Å²) in [5.74, 6) is -0.620. The number of nitrogens with one attached hydrogen (secondary N) is 2. The van der Waals surface area contributed by atoms with E-state index in [1.165, 1.54) is 0 Å². The molecular weight excluding hydrogens is 515 g/mol. The van der Waals surface area contributed by atoms with Crippen molar-refractivity contribution in [3.63, 3.8) is 0 Å². The van der Waals surface area contributed by atoms with Gasteiger partial charge in [0.05, 0.1) is 38.0 Å². The van der Waals surface area contributed by atoms with Crippen LogP contribution in [0.5, 0.6) is 0 Å². The molecule has 0 spiro atoms. The van der Waals surface area contributed by atoms with Crippen molar-refractivity contribution in [2.45, 2.75) is 38.0 Å². The minimum Gasteiger partial charge on any atom is -0.272 e. The second kappa shape index (κ2) is 7.40. The van der Waals surface area contributed by atoms with Gasteiger partial charge in [-0.15, -0.1) is 0 Å². The molecule has 2 N–H and O–H groups in total. The van der Waals surface area contributed by atoms with Crippen LogP contribution >= 0.6 is 39.1 Å². The number of hydrazine groups is 1. The van der Waals surface area contributed by atoms with Crippen molar-refractivity contribution in [2.24, 2.45) is 5.41 Å². The molecule has 6 nitrogen and oxygen atoms in total. The SMILES string of the molecule is CC1(C)C2CCC1(C(=O)NNC(=O)c1ccccc1Br)c1nc3cc(Cl)c(Cl)cc3nc12. The van der Waals surface area contributed by atoms with Crippen molar-refractivity contribution in [1.82, 2.24) is 20.8 Å². The zero-order valence-electron chi connectivity index (χ0n) is 17.3. The first-order valence-electron chi connectivity index (χ1n) is 10.2. The number of carbonyl (C=O) groups excluding carboxylic acids is 2. The molecule has 2 amide bonds. The minimum absolute atomic E-state index is 0.0774. The monoisotopic (exact) mass is 532 g/mol. The van der Waals surface area contributed by atoms with E-state index in [9.17, 15) is 9.59 Å². The van der Waals surface area contributed by atoms with E-state index >= 15 is 0 Å². The van der Waals surface area contributed by atoms with Crippen LogP contribution in [0.25, 0.3) is 11.0 Å². The van der Waals surface area contributed by atoms with E-state index in [4.69, 9.17) is 33.2 Å². The summed E-state index contributed by atoms with van der Waals surface area (Å²) in [6.07, 6.45) is 1.43. The number of carbonyl (C=O) groups is 2. The topological polar surface area (TPSA) is 84.0 Å². The van der Waals surface area contributed by atoms with Crippen LogP contribution in [-0.2, 0) is 10.2 Å².